The highest BCUT2D eigenvalue weighted by molar-refractivity contribution is 9.11. The molecule has 0 radical (unpaired) electrons. The van der Waals surface area contributed by atoms with Gasteiger partial charge in [0.25, 0.3) is 0 Å². The third-order valence-corrected chi connectivity index (χ3v) is 10.5. The molecular weight excluding hydrogens is 605 g/mol. The van der Waals surface area contributed by atoms with E-state index in [1.807, 2.05) is 7.05 Å². The van der Waals surface area contributed by atoms with Crippen LogP contribution in [-0.4, -0.2) is 63.4 Å². The summed E-state index contributed by atoms with van der Waals surface area (Å²) in [5.74, 6) is 1.96. The van der Waals surface area contributed by atoms with E-state index in [1.165, 1.54) is 17.7 Å². The molecule has 0 spiro atoms. The van der Waals surface area contributed by atoms with Gasteiger partial charge in [-0.3, -0.25) is 14.1 Å². The summed E-state index contributed by atoms with van der Waals surface area (Å²) in [6.07, 6.45) is 6.75. The first kappa shape index (κ1) is 28.5. The fraction of sp³-hybridized carbons (Fsp3) is 0.452. The molecule has 41 heavy (non-hydrogen) atoms. The molecule has 4 heterocycles. The second-order valence-corrected chi connectivity index (χ2v) is 13.6. The van der Waals surface area contributed by atoms with Crippen LogP contribution in [0.2, 0.25) is 0 Å². The Morgan fingerprint density at radius 3 is 2.56 bits per heavy atom. The number of pyridine rings is 1. The Labute approximate surface area is 252 Å². The number of rotatable bonds is 9. The predicted octanol–water partition coefficient (Wildman–Crippen LogP) is 6.46. The van der Waals surface area contributed by atoms with Crippen LogP contribution in [-0.2, 0) is 11.2 Å². The number of likely N-dealkylation sites (tertiary alicyclic amines) is 1. The molecule has 1 saturated carbocycles. The van der Waals surface area contributed by atoms with Crippen molar-refractivity contribution in [1.29, 1.82) is 0 Å². The van der Waals surface area contributed by atoms with Gasteiger partial charge in [-0.15, -0.1) is 0 Å². The molecule has 1 aliphatic carbocycles. The van der Waals surface area contributed by atoms with E-state index in [0.717, 1.165) is 82.5 Å². The topological polar surface area (TPSA) is 74.0 Å². The number of aliphatic hydroxyl groups excluding tert-OH is 1. The smallest absolute Gasteiger partial charge is 0.192 e. The van der Waals surface area contributed by atoms with Crippen molar-refractivity contribution in [1.82, 2.24) is 19.3 Å². The van der Waals surface area contributed by atoms with Crippen LogP contribution in [0.5, 0.6) is 0 Å². The van der Waals surface area contributed by atoms with E-state index in [9.17, 15) is 14.3 Å². The van der Waals surface area contributed by atoms with Crippen molar-refractivity contribution in [2.75, 3.05) is 38.2 Å². The standard InChI is InChI=1S/C31H35BrFN5O2S/c1-3-25-30(36(2)31-35-28(29(32)41-31)21-4-7-24(33)8-5-21)38-16-22(6-9-27(38)34-25)20-10-12-37(13-11-20)17-26(40)23-14-19(15-23)18-39/h4-9,16,19-20,23,39H,3,10-15,17-18H2,1-2H3. The molecule has 0 amide bonds. The summed E-state index contributed by atoms with van der Waals surface area (Å²) in [6, 6.07) is 10.7. The van der Waals surface area contributed by atoms with Gasteiger partial charge in [-0.05, 0) is 109 Å². The Balaban J connectivity index is 1.19. The van der Waals surface area contributed by atoms with Gasteiger partial charge in [0.15, 0.2) is 5.13 Å². The van der Waals surface area contributed by atoms with Gasteiger partial charge in [-0.25, -0.2) is 14.4 Å². The summed E-state index contributed by atoms with van der Waals surface area (Å²) in [7, 11) is 2.02. The van der Waals surface area contributed by atoms with Gasteiger partial charge in [-0.1, -0.05) is 24.3 Å². The van der Waals surface area contributed by atoms with Gasteiger partial charge < -0.3 is 10.0 Å². The number of hydrogen-bond donors (Lipinski definition) is 1. The first-order valence-electron chi connectivity index (χ1n) is 14.4. The number of thiazole rings is 1. The summed E-state index contributed by atoms with van der Waals surface area (Å²) in [5.41, 5.74) is 4.86. The summed E-state index contributed by atoms with van der Waals surface area (Å²) in [4.78, 5) is 26.9. The number of aromatic nitrogens is 3. The van der Waals surface area contributed by atoms with Crippen LogP contribution in [0.3, 0.4) is 0 Å². The number of carbonyl (C=O) groups excluding carboxylic acids is 1. The zero-order valence-electron chi connectivity index (χ0n) is 23.4. The third-order valence-electron chi connectivity index (χ3n) is 8.71. The lowest BCUT2D eigenvalue weighted by Gasteiger charge is -2.36. The normalized spacial score (nSPS) is 19.9. The van der Waals surface area contributed by atoms with Crippen LogP contribution in [0, 0.1) is 17.7 Å². The molecule has 0 atom stereocenters. The number of aliphatic hydroxyl groups is 1. The molecule has 6 rings (SSSR count). The van der Waals surface area contributed by atoms with E-state index in [2.05, 4.69) is 55.4 Å². The fourth-order valence-electron chi connectivity index (χ4n) is 6.16. The molecular formula is C31H35BrFN5O2S. The van der Waals surface area contributed by atoms with Gasteiger partial charge >= 0.3 is 0 Å². The van der Waals surface area contributed by atoms with E-state index in [0.29, 0.717) is 24.2 Å². The zero-order chi connectivity index (χ0) is 28.7. The van der Waals surface area contributed by atoms with E-state index in [4.69, 9.17) is 9.97 Å². The van der Waals surface area contributed by atoms with Crippen molar-refractivity contribution in [2.45, 2.75) is 44.9 Å². The largest absolute Gasteiger partial charge is 0.396 e. The maximum absolute atomic E-state index is 13.5. The van der Waals surface area contributed by atoms with Crippen molar-refractivity contribution in [3.05, 3.63) is 63.5 Å². The maximum atomic E-state index is 13.5. The summed E-state index contributed by atoms with van der Waals surface area (Å²) < 4.78 is 16.6. The number of hydrogen-bond acceptors (Lipinski definition) is 7. The number of aryl methyl sites for hydroxylation is 1. The lowest BCUT2D eigenvalue weighted by atomic mass is 9.73. The Kier molecular flexibility index (Phi) is 8.27. The van der Waals surface area contributed by atoms with Gasteiger partial charge in [0.05, 0.1) is 21.7 Å². The van der Waals surface area contributed by atoms with Crippen molar-refractivity contribution < 1.29 is 14.3 Å². The van der Waals surface area contributed by atoms with Crippen LogP contribution < -0.4 is 4.90 Å². The van der Waals surface area contributed by atoms with Gasteiger partial charge in [-0.2, -0.15) is 0 Å². The average molecular weight is 641 g/mol. The minimum Gasteiger partial charge on any atom is -0.396 e. The number of carbonyl (C=O) groups is 1. The Hall–Kier alpha value is -2.66. The molecule has 1 N–H and O–H groups in total. The zero-order valence-corrected chi connectivity index (χ0v) is 25.8. The van der Waals surface area contributed by atoms with Crippen LogP contribution in [0.1, 0.15) is 49.8 Å². The molecule has 0 bridgehead atoms. The molecule has 10 heteroatoms. The summed E-state index contributed by atoms with van der Waals surface area (Å²) in [6.45, 7) is 4.69. The van der Waals surface area contributed by atoms with Crippen LogP contribution in [0.4, 0.5) is 15.3 Å². The van der Waals surface area contributed by atoms with Crippen LogP contribution in [0.15, 0.2) is 46.4 Å². The summed E-state index contributed by atoms with van der Waals surface area (Å²) >= 11 is 5.22. The molecule has 2 fully saturated rings. The van der Waals surface area contributed by atoms with Gasteiger partial charge in [0.2, 0.25) is 0 Å². The van der Waals surface area contributed by atoms with E-state index in [1.54, 1.807) is 23.5 Å². The Bertz CT molecular complexity index is 1540. The molecule has 4 aromatic rings. The second kappa shape index (κ2) is 11.9. The Morgan fingerprint density at radius 1 is 1.15 bits per heavy atom. The number of fused-ring (bicyclic) bond motifs is 1. The molecule has 7 nitrogen and oxygen atoms in total. The molecule has 0 unspecified atom stereocenters. The van der Waals surface area contributed by atoms with Gasteiger partial charge in [0.1, 0.15) is 23.1 Å². The average Bonchev–Trinajstić information content (AvgIpc) is 3.53. The number of halogens is 2. The highest BCUT2D eigenvalue weighted by Gasteiger charge is 2.35. The van der Waals surface area contributed by atoms with Crippen molar-refractivity contribution >= 4 is 49.6 Å². The van der Waals surface area contributed by atoms with E-state index < -0.39 is 0 Å². The van der Waals surface area contributed by atoms with Crippen LogP contribution >= 0.6 is 27.3 Å². The number of anilines is 2. The lowest BCUT2D eigenvalue weighted by Crippen LogP contribution is -2.42. The number of benzene rings is 1. The maximum Gasteiger partial charge on any atom is 0.192 e. The predicted molar refractivity (Wildman–Crippen MR) is 165 cm³/mol. The highest BCUT2D eigenvalue weighted by atomic mass is 79.9. The van der Waals surface area contributed by atoms with Crippen molar-refractivity contribution in [2.24, 2.45) is 11.8 Å². The van der Waals surface area contributed by atoms with Gasteiger partial charge in [0, 0.05) is 31.3 Å². The Morgan fingerprint density at radius 2 is 1.88 bits per heavy atom. The quantitative estimate of drug-likeness (QED) is 0.227. The summed E-state index contributed by atoms with van der Waals surface area (Å²) in [5, 5.41) is 10.1. The number of nitrogens with zero attached hydrogens (tertiary/aromatic N) is 5. The molecule has 1 aromatic carbocycles. The first-order valence-corrected chi connectivity index (χ1v) is 16.0. The number of ketones is 1. The minimum absolute atomic E-state index is 0.141. The second-order valence-electron chi connectivity index (χ2n) is 11.3. The van der Waals surface area contributed by atoms with Crippen LogP contribution in [0.25, 0.3) is 16.9 Å². The minimum atomic E-state index is -0.267. The lowest BCUT2D eigenvalue weighted by molar-refractivity contribution is -0.128. The number of Topliss-reactive ketones (excluding diaryl/α,β-unsaturated/α-hetero) is 1. The molecule has 3 aromatic heterocycles. The highest BCUT2D eigenvalue weighted by Crippen LogP contribution is 2.40. The molecule has 1 saturated heterocycles. The molecule has 216 valence electrons. The SMILES string of the molecule is CCc1nc2ccc(C3CCN(CC(=O)C4CC(CO)C4)CC3)cn2c1N(C)c1nc(-c2ccc(F)cc2)c(Br)s1. The number of piperidine rings is 1. The van der Waals surface area contributed by atoms with E-state index in [-0.39, 0.29) is 18.3 Å². The third kappa shape index (κ3) is 5.71. The first-order chi connectivity index (χ1) is 19.8. The monoisotopic (exact) mass is 639 g/mol. The molecule has 2 aliphatic rings. The van der Waals surface area contributed by atoms with Crippen molar-refractivity contribution in [3.63, 3.8) is 0 Å². The fourth-order valence-corrected chi connectivity index (χ4v) is 7.70. The number of imidazole rings is 1. The van der Waals surface area contributed by atoms with E-state index >= 15 is 0 Å². The van der Waals surface area contributed by atoms with Crippen molar-refractivity contribution in [3.8, 4) is 11.3 Å². The molecule has 1 aliphatic heterocycles.